The number of nitrogens with zero attached hydrogens (tertiary/aromatic N) is 2. The van der Waals surface area contributed by atoms with Gasteiger partial charge >= 0.3 is 0 Å². The van der Waals surface area contributed by atoms with Gasteiger partial charge in [0.25, 0.3) is 5.91 Å². The predicted octanol–water partition coefficient (Wildman–Crippen LogP) is 2.84. The highest BCUT2D eigenvalue weighted by Crippen LogP contribution is 2.31. The maximum absolute atomic E-state index is 12.6. The number of pyridine rings is 1. The van der Waals surface area contributed by atoms with Crippen LogP contribution in [-0.4, -0.2) is 47.7 Å². The molecule has 0 unspecified atom stereocenters. The van der Waals surface area contributed by atoms with Crippen molar-refractivity contribution in [3.05, 3.63) is 23.2 Å². The molecule has 0 radical (unpaired) electrons. The number of thioether (sulfide) groups is 1. The molecule has 22 heavy (non-hydrogen) atoms. The number of aromatic nitrogens is 1. The van der Waals surface area contributed by atoms with Crippen molar-refractivity contribution >= 4 is 39.1 Å². The van der Waals surface area contributed by atoms with Crippen LogP contribution in [0.15, 0.2) is 22.5 Å². The van der Waals surface area contributed by atoms with Crippen LogP contribution in [0.1, 0.15) is 23.3 Å². The third-order valence-electron chi connectivity index (χ3n) is 4.80. The van der Waals surface area contributed by atoms with Crippen molar-refractivity contribution in [3.8, 4) is 0 Å². The minimum atomic E-state index is -0.0258. The van der Waals surface area contributed by atoms with Crippen LogP contribution in [0.3, 0.4) is 0 Å². The Morgan fingerprint density at radius 3 is 2.95 bits per heavy atom. The van der Waals surface area contributed by atoms with Crippen molar-refractivity contribution in [1.82, 2.24) is 15.2 Å². The molecular formula is C16H19N3OS2. The number of carbonyl (C=O) groups excluding carboxylic acids is 1. The van der Waals surface area contributed by atoms with Crippen molar-refractivity contribution in [2.24, 2.45) is 5.92 Å². The number of fused-ring (bicyclic) bond motifs is 4. The maximum Gasteiger partial charge on any atom is 0.270 e. The monoisotopic (exact) mass is 333 g/mol. The van der Waals surface area contributed by atoms with Crippen LogP contribution < -0.4 is 5.32 Å². The molecule has 5 rings (SSSR count). The van der Waals surface area contributed by atoms with E-state index in [0.29, 0.717) is 11.6 Å². The maximum atomic E-state index is 12.6. The Morgan fingerprint density at radius 1 is 1.45 bits per heavy atom. The van der Waals surface area contributed by atoms with Crippen molar-refractivity contribution in [2.75, 3.05) is 25.9 Å². The zero-order valence-corrected chi connectivity index (χ0v) is 14.2. The van der Waals surface area contributed by atoms with E-state index < -0.39 is 0 Å². The van der Waals surface area contributed by atoms with Crippen LogP contribution in [0.4, 0.5) is 0 Å². The first-order valence-corrected chi connectivity index (χ1v) is 9.80. The van der Waals surface area contributed by atoms with E-state index in [0.717, 1.165) is 17.0 Å². The summed E-state index contributed by atoms with van der Waals surface area (Å²) >= 11 is 3.29. The summed E-state index contributed by atoms with van der Waals surface area (Å²) in [4.78, 5) is 19.6. The van der Waals surface area contributed by atoms with Crippen LogP contribution in [0.5, 0.6) is 0 Å². The molecule has 2 bridgehead atoms. The average molecular weight is 333 g/mol. The van der Waals surface area contributed by atoms with E-state index in [-0.39, 0.29) is 11.9 Å². The Bertz CT molecular complexity index is 706. The van der Waals surface area contributed by atoms with Gasteiger partial charge in [-0.3, -0.25) is 4.79 Å². The Morgan fingerprint density at radius 2 is 2.27 bits per heavy atom. The third kappa shape index (κ3) is 2.53. The lowest BCUT2D eigenvalue weighted by Crippen LogP contribution is -2.57. The highest BCUT2D eigenvalue weighted by atomic mass is 32.2. The second-order valence-corrected chi connectivity index (χ2v) is 7.78. The Labute approximate surface area is 138 Å². The van der Waals surface area contributed by atoms with Gasteiger partial charge < -0.3 is 10.2 Å². The van der Waals surface area contributed by atoms with E-state index in [1.54, 1.807) is 23.1 Å². The molecule has 1 amide bonds. The summed E-state index contributed by atoms with van der Waals surface area (Å²) in [5.74, 6) is 0.612. The molecule has 6 heteroatoms. The average Bonchev–Trinajstić information content (AvgIpc) is 3.03. The second-order valence-electron chi connectivity index (χ2n) is 6.07. The summed E-state index contributed by atoms with van der Waals surface area (Å²) in [5.41, 5.74) is 0.548. The first kappa shape index (κ1) is 14.5. The molecule has 5 heterocycles. The first-order valence-electron chi connectivity index (χ1n) is 7.70. The molecule has 3 aliphatic heterocycles. The molecule has 1 N–H and O–H groups in total. The van der Waals surface area contributed by atoms with Crippen LogP contribution in [-0.2, 0) is 0 Å². The lowest BCUT2D eigenvalue weighted by Gasteiger charge is -2.44. The fourth-order valence-electron chi connectivity index (χ4n) is 3.57. The van der Waals surface area contributed by atoms with Crippen molar-refractivity contribution in [1.29, 1.82) is 0 Å². The summed E-state index contributed by atoms with van der Waals surface area (Å²) < 4.78 is 1.17. The molecule has 2 aromatic rings. The minimum absolute atomic E-state index is 0.0258. The van der Waals surface area contributed by atoms with Gasteiger partial charge in [-0.05, 0) is 61.0 Å². The van der Waals surface area contributed by atoms with Gasteiger partial charge in [0.05, 0.1) is 4.70 Å². The smallest absolute Gasteiger partial charge is 0.270 e. The van der Waals surface area contributed by atoms with Gasteiger partial charge in [0.15, 0.2) is 0 Å². The van der Waals surface area contributed by atoms with Gasteiger partial charge in [-0.2, -0.15) is 0 Å². The zero-order chi connectivity index (χ0) is 15.1. The van der Waals surface area contributed by atoms with Crippen LogP contribution in [0.25, 0.3) is 10.1 Å². The molecule has 0 saturated carbocycles. The molecular weight excluding hydrogens is 314 g/mol. The number of carbonyl (C=O) groups is 1. The molecule has 3 fully saturated rings. The SMILES string of the molecule is CSc1nc(C(=O)N[C@H]2CN3CCC2CC3)cc2ccsc12. The van der Waals surface area contributed by atoms with Crippen LogP contribution in [0, 0.1) is 5.92 Å². The lowest BCUT2D eigenvalue weighted by molar-refractivity contribution is 0.0617. The van der Waals surface area contributed by atoms with Crippen molar-refractivity contribution < 1.29 is 4.79 Å². The number of piperidine rings is 3. The highest BCUT2D eigenvalue weighted by molar-refractivity contribution is 7.98. The van der Waals surface area contributed by atoms with Crippen molar-refractivity contribution in [2.45, 2.75) is 23.9 Å². The topological polar surface area (TPSA) is 45.2 Å². The van der Waals surface area contributed by atoms with Gasteiger partial charge in [-0.15, -0.1) is 23.1 Å². The Balaban J connectivity index is 1.57. The zero-order valence-electron chi connectivity index (χ0n) is 12.5. The molecule has 2 aromatic heterocycles. The van der Waals surface area contributed by atoms with E-state index in [4.69, 9.17) is 0 Å². The fraction of sp³-hybridized carbons (Fsp3) is 0.500. The van der Waals surface area contributed by atoms with Crippen LogP contribution in [0.2, 0.25) is 0 Å². The number of nitrogens with one attached hydrogen (secondary N) is 1. The fourth-order valence-corrected chi connectivity index (χ4v) is 5.22. The summed E-state index contributed by atoms with van der Waals surface area (Å²) in [6.45, 7) is 3.37. The summed E-state index contributed by atoms with van der Waals surface area (Å²) in [7, 11) is 0. The molecule has 0 aliphatic carbocycles. The van der Waals surface area contributed by atoms with Gasteiger partial charge in [0.2, 0.25) is 0 Å². The number of hydrogen-bond acceptors (Lipinski definition) is 5. The van der Waals surface area contributed by atoms with Gasteiger partial charge in [0.1, 0.15) is 10.7 Å². The highest BCUT2D eigenvalue weighted by Gasteiger charge is 2.35. The standard InChI is InChI=1S/C16H19N3OS2/c1-21-16-14-11(4-7-22-14)8-12(18-16)15(20)17-13-9-19-5-2-10(13)3-6-19/h4,7-8,10,13H,2-3,5-6,9H2,1H3,(H,17,20)/t13-/m0/s1. The predicted molar refractivity (Wildman–Crippen MR) is 91.8 cm³/mol. The molecule has 116 valence electrons. The third-order valence-corrected chi connectivity index (χ3v) is 6.55. The summed E-state index contributed by atoms with van der Waals surface area (Å²) in [6, 6.07) is 4.27. The Hall–Kier alpha value is -1.11. The van der Waals surface area contributed by atoms with E-state index in [1.165, 1.54) is 30.6 Å². The number of thiophene rings is 1. The molecule has 4 nitrogen and oxygen atoms in total. The van der Waals surface area contributed by atoms with Crippen LogP contribution >= 0.6 is 23.1 Å². The molecule has 0 aromatic carbocycles. The molecule has 3 aliphatic rings. The van der Waals surface area contributed by atoms with Gasteiger partial charge in [0, 0.05) is 12.6 Å². The quantitative estimate of drug-likeness (QED) is 0.878. The number of rotatable bonds is 3. The first-order chi connectivity index (χ1) is 10.7. The summed E-state index contributed by atoms with van der Waals surface area (Å²) in [5, 5.41) is 7.35. The second kappa shape index (κ2) is 5.83. The van der Waals surface area contributed by atoms with Gasteiger partial charge in [-0.25, -0.2) is 4.98 Å². The Kier molecular flexibility index (Phi) is 3.84. The number of hydrogen-bond donors (Lipinski definition) is 1. The van der Waals surface area contributed by atoms with Gasteiger partial charge in [-0.1, -0.05) is 0 Å². The summed E-state index contributed by atoms with van der Waals surface area (Å²) in [6.07, 6.45) is 4.42. The lowest BCUT2D eigenvalue weighted by atomic mass is 9.84. The van der Waals surface area contributed by atoms with E-state index >= 15 is 0 Å². The van der Waals surface area contributed by atoms with E-state index in [9.17, 15) is 4.79 Å². The molecule has 0 spiro atoms. The molecule has 3 saturated heterocycles. The number of amides is 1. The normalized spacial score (nSPS) is 27.2. The molecule has 1 atom stereocenters. The van der Waals surface area contributed by atoms with Crippen molar-refractivity contribution in [3.63, 3.8) is 0 Å². The van der Waals surface area contributed by atoms with E-state index in [2.05, 4.69) is 26.6 Å². The largest absolute Gasteiger partial charge is 0.346 e. The van der Waals surface area contributed by atoms with E-state index in [1.807, 2.05) is 12.3 Å². The minimum Gasteiger partial charge on any atom is -0.346 e.